The van der Waals surface area contributed by atoms with Crippen molar-refractivity contribution in [3.63, 3.8) is 0 Å². The highest BCUT2D eigenvalue weighted by atomic mass is 16.5. The van der Waals surface area contributed by atoms with Gasteiger partial charge in [-0.2, -0.15) is 20.1 Å². The molecule has 1 saturated heterocycles. The first-order chi connectivity index (χ1) is 15.8. The number of methoxy groups -OCH3 is 1. The zero-order valence-corrected chi connectivity index (χ0v) is 17.8. The van der Waals surface area contributed by atoms with Crippen molar-refractivity contribution in [1.82, 2.24) is 19.9 Å². The summed E-state index contributed by atoms with van der Waals surface area (Å²) < 4.78 is 16.5. The zero-order chi connectivity index (χ0) is 22.0. The second kappa shape index (κ2) is 11.0. The van der Waals surface area contributed by atoms with Gasteiger partial charge in [0.2, 0.25) is 5.95 Å². The van der Waals surface area contributed by atoms with Crippen LogP contribution in [0.5, 0.6) is 11.8 Å². The first-order valence-electron chi connectivity index (χ1n) is 10.3. The number of anilines is 2. The lowest BCUT2D eigenvalue weighted by molar-refractivity contribution is 0.122. The van der Waals surface area contributed by atoms with E-state index >= 15 is 0 Å². The van der Waals surface area contributed by atoms with Crippen LogP contribution in [0.3, 0.4) is 0 Å². The summed E-state index contributed by atoms with van der Waals surface area (Å²) in [5.74, 6) is 1.58. The molecule has 1 aromatic carbocycles. The highest BCUT2D eigenvalue weighted by molar-refractivity contribution is 5.80. The number of benzene rings is 1. The van der Waals surface area contributed by atoms with Crippen molar-refractivity contribution in [3.05, 3.63) is 59.9 Å². The molecule has 0 amide bonds. The van der Waals surface area contributed by atoms with Gasteiger partial charge in [-0.05, 0) is 29.8 Å². The van der Waals surface area contributed by atoms with E-state index in [9.17, 15) is 0 Å². The van der Waals surface area contributed by atoms with E-state index < -0.39 is 0 Å². The molecule has 1 fully saturated rings. The topological polar surface area (TPSA) is 107 Å². The predicted molar refractivity (Wildman–Crippen MR) is 121 cm³/mol. The first-order valence-corrected chi connectivity index (χ1v) is 10.3. The molecule has 10 heteroatoms. The maximum Gasteiger partial charge on any atom is 0.323 e. The second-order valence-corrected chi connectivity index (χ2v) is 6.91. The predicted octanol–water partition coefficient (Wildman–Crippen LogP) is 2.18. The van der Waals surface area contributed by atoms with Crippen LogP contribution in [0, 0.1) is 0 Å². The van der Waals surface area contributed by atoms with Gasteiger partial charge in [0.25, 0.3) is 5.95 Å². The Morgan fingerprint density at radius 2 is 2.03 bits per heavy atom. The fourth-order valence-corrected chi connectivity index (χ4v) is 3.04. The van der Waals surface area contributed by atoms with Gasteiger partial charge in [0.15, 0.2) is 0 Å². The van der Waals surface area contributed by atoms with Crippen molar-refractivity contribution >= 4 is 18.1 Å². The second-order valence-electron chi connectivity index (χ2n) is 6.91. The van der Waals surface area contributed by atoms with Crippen molar-refractivity contribution < 1.29 is 14.2 Å². The largest absolute Gasteiger partial charge is 0.497 e. The Hall–Kier alpha value is -3.79. The van der Waals surface area contributed by atoms with Gasteiger partial charge in [-0.25, -0.2) is 5.43 Å². The molecule has 1 aliphatic heterocycles. The lowest BCUT2D eigenvalue weighted by Crippen LogP contribution is -2.37. The molecule has 4 rings (SSSR count). The van der Waals surface area contributed by atoms with E-state index in [0.717, 1.165) is 17.0 Å². The van der Waals surface area contributed by atoms with Gasteiger partial charge in [0, 0.05) is 31.4 Å². The van der Waals surface area contributed by atoms with Crippen molar-refractivity contribution in [1.29, 1.82) is 0 Å². The molecular weight excluding hydrogens is 410 g/mol. The Morgan fingerprint density at radius 1 is 1.12 bits per heavy atom. The van der Waals surface area contributed by atoms with Crippen LogP contribution in [0.1, 0.15) is 11.3 Å². The maximum atomic E-state index is 5.81. The normalized spacial score (nSPS) is 13.8. The van der Waals surface area contributed by atoms with Crippen molar-refractivity contribution in [2.75, 3.05) is 50.3 Å². The average Bonchev–Trinajstić information content (AvgIpc) is 2.85. The summed E-state index contributed by atoms with van der Waals surface area (Å²) in [6.45, 7) is 3.04. The number of nitrogens with zero attached hydrogens (tertiary/aromatic N) is 6. The van der Waals surface area contributed by atoms with Crippen LogP contribution in [0.15, 0.2) is 53.8 Å². The summed E-state index contributed by atoms with van der Waals surface area (Å²) in [6, 6.07) is 13.6. The standard InChI is InChI=1S/C22H25N7O3/c1-30-19-7-4-5-17(15-19)16-24-28-20-25-21(29-10-13-31-14-11-29)27-22(26-20)32-12-8-18-6-2-3-9-23-18/h2-7,9,15-16H,8,10-14H2,1H3,(H,25,26,27,28). The van der Waals surface area contributed by atoms with Crippen molar-refractivity contribution in [2.24, 2.45) is 5.10 Å². The quantitative estimate of drug-likeness (QED) is 0.400. The van der Waals surface area contributed by atoms with Gasteiger partial charge >= 0.3 is 6.01 Å². The minimum Gasteiger partial charge on any atom is -0.497 e. The Balaban J connectivity index is 1.46. The number of nitrogens with one attached hydrogen (secondary N) is 1. The molecule has 10 nitrogen and oxygen atoms in total. The third kappa shape index (κ3) is 6.11. The van der Waals surface area contributed by atoms with Crippen LogP contribution < -0.4 is 19.8 Å². The number of pyridine rings is 1. The number of hydrogen-bond acceptors (Lipinski definition) is 10. The van der Waals surface area contributed by atoms with E-state index in [4.69, 9.17) is 14.2 Å². The van der Waals surface area contributed by atoms with Gasteiger partial charge < -0.3 is 19.1 Å². The van der Waals surface area contributed by atoms with E-state index in [1.165, 1.54) is 0 Å². The van der Waals surface area contributed by atoms with Gasteiger partial charge in [-0.3, -0.25) is 4.98 Å². The third-order valence-corrected chi connectivity index (χ3v) is 4.68. The van der Waals surface area contributed by atoms with E-state index in [1.807, 2.05) is 47.4 Å². The summed E-state index contributed by atoms with van der Waals surface area (Å²) in [4.78, 5) is 19.7. The Morgan fingerprint density at radius 3 is 2.84 bits per heavy atom. The van der Waals surface area contributed by atoms with Gasteiger partial charge in [0.05, 0.1) is 33.1 Å². The summed E-state index contributed by atoms with van der Waals surface area (Å²) in [5.41, 5.74) is 4.70. The molecule has 0 aliphatic carbocycles. The molecule has 166 valence electrons. The van der Waals surface area contributed by atoms with E-state index in [0.29, 0.717) is 51.2 Å². The van der Waals surface area contributed by atoms with Crippen LogP contribution in [-0.2, 0) is 11.2 Å². The minimum absolute atomic E-state index is 0.233. The Kier molecular flexibility index (Phi) is 7.38. The third-order valence-electron chi connectivity index (χ3n) is 4.68. The molecule has 0 radical (unpaired) electrons. The van der Waals surface area contributed by atoms with E-state index in [2.05, 4.69) is 30.5 Å². The highest BCUT2D eigenvalue weighted by Gasteiger charge is 2.17. The fraction of sp³-hybridized carbons (Fsp3) is 0.318. The molecule has 32 heavy (non-hydrogen) atoms. The number of hydrogen-bond donors (Lipinski definition) is 1. The summed E-state index contributed by atoms with van der Waals surface area (Å²) in [5, 5.41) is 4.25. The molecule has 0 bridgehead atoms. The molecule has 0 saturated carbocycles. The van der Waals surface area contributed by atoms with Crippen LogP contribution >= 0.6 is 0 Å². The fourth-order valence-electron chi connectivity index (χ4n) is 3.04. The van der Waals surface area contributed by atoms with Crippen LogP contribution in [0.2, 0.25) is 0 Å². The molecule has 0 atom stereocenters. The number of rotatable bonds is 9. The van der Waals surface area contributed by atoms with Gasteiger partial charge in [0.1, 0.15) is 5.75 Å². The van der Waals surface area contributed by atoms with E-state index in [-0.39, 0.29) is 6.01 Å². The minimum atomic E-state index is 0.233. The van der Waals surface area contributed by atoms with E-state index in [1.54, 1.807) is 19.5 Å². The van der Waals surface area contributed by atoms with Gasteiger partial charge in [-0.1, -0.05) is 18.2 Å². The molecule has 2 aromatic heterocycles. The smallest absolute Gasteiger partial charge is 0.323 e. The number of ether oxygens (including phenoxy) is 3. The summed E-state index contributed by atoms with van der Waals surface area (Å²) in [6.07, 6.45) is 4.08. The van der Waals surface area contributed by atoms with Crippen LogP contribution in [-0.4, -0.2) is 66.2 Å². The van der Waals surface area contributed by atoms with Crippen molar-refractivity contribution in [2.45, 2.75) is 6.42 Å². The molecule has 1 N–H and O–H groups in total. The average molecular weight is 435 g/mol. The zero-order valence-electron chi connectivity index (χ0n) is 17.8. The highest BCUT2D eigenvalue weighted by Crippen LogP contribution is 2.17. The SMILES string of the molecule is COc1cccc(C=NNc2nc(OCCc3ccccn3)nc(N3CCOCC3)n2)c1. The van der Waals surface area contributed by atoms with Gasteiger partial charge in [-0.15, -0.1) is 0 Å². The van der Waals surface area contributed by atoms with Crippen molar-refractivity contribution in [3.8, 4) is 11.8 Å². The number of aromatic nitrogens is 4. The molecule has 3 aromatic rings. The molecule has 0 spiro atoms. The Labute approximate surface area is 186 Å². The maximum absolute atomic E-state index is 5.81. The summed E-state index contributed by atoms with van der Waals surface area (Å²) in [7, 11) is 1.63. The monoisotopic (exact) mass is 435 g/mol. The molecular formula is C22H25N7O3. The molecule has 1 aliphatic rings. The lowest BCUT2D eigenvalue weighted by Gasteiger charge is -2.26. The molecule has 0 unspecified atom stereocenters. The Bertz CT molecular complexity index is 1030. The first kappa shape index (κ1) is 21.4. The van der Waals surface area contributed by atoms with Crippen LogP contribution in [0.25, 0.3) is 0 Å². The summed E-state index contributed by atoms with van der Waals surface area (Å²) >= 11 is 0. The number of hydrazone groups is 1. The number of morpholine rings is 1. The lowest BCUT2D eigenvalue weighted by atomic mass is 10.2. The molecule has 3 heterocycles. The van der Waals surface area contributed by atoms with Crippen LogP contribution in [0.4, 0.5) is 11.9 Å².